The summed E-state index contributed by atoms with van der Waals surface area (Å²) in [6.45, 7) is 5.02. The third kappa shape index (κ3) is 3.99. The molecule has 1 heterocycles. The Morgan fingerprint density at radius 2 is 1.88 bits per heavy atom. The van der Waals surface area contributed by atoms with Crippen molar-refractivity contribution in [2.24, 2.45) is 0 Å². The molecule has 1 atom stereocenters. The number of rotatable bonds is 3. The Bertz CT molecular complexity index is 733. The molecule has 5 heteroatoms. The summed E-state index contributed by atoms with van der Waals surface area (Å²) in [7, 11) is 0. The van der Waals surface area contributed by atoms with Gasteiger partial charge in [-0.2, -0.15) is 0 Å². The van der Waals surface area contributed by atoms with Crippen molar-refractivity contribution in [1.29, 1.82) is 0 Å². The van der Waals surface area contributed by atoms with Gasteiger partial charge in [0.1, 0.15) is 11.9 Å². The Morgan fingerprint density at radius 1 is 1.20 bits per heavy atom. The number of nitrogens with zero attached hydrogens (tertiary/aromatic N) is 1. The third-order valence-corrected chi connectivity index (χ3v) is 4.50. The van der Waals surface area contributed by atoms with E-state index in [1.165, 1.54) is 6.07 Å². The minimum Gasteiger partial charge on any atom is -0.369 e. The van der Waals surface area contributed by atoms with Crippen LogP contribution in [0, 0.1) is 5.82 Å². The number of benzene rings is 2. The monoisotopic (exact) mass is 342 g/mol. The maximum Gasteiger partial charge on any atom is 0.318 e. The molecule has 4 nitrogen and oxygen atoms in total. The predicted octanol–water partition coefficient (Wildman–Crippen LogP) is 3.89. The lowest BCUT2D eigenvalue weighted by Crippen LogP contribution is -2.58. The molecule has 0 aliphatic carbocycles. The Balaban J connectivity index is 1.71. The number of hydrogen-bond acceptors (Lipinski definition) is 2. The minimum atomic E-state index is -0.461. The fourth-order valence-electron chi connectivity index (χ4n) is 3.00. The molecular formula is C20H23FN2O2. The van der Waals surface area contributed by atoms with E-state index in [2.05, 4.69) is 5.32 Å². The van der Waals surface area contributed by atoms with Crippen molar-refractivity contribution in [3.8, 4) is 0 Å². The lowest BCUT2D eigenvalue weighted by Gasteiger charge is -2.45. The molecule has 1 fully saturated rings. The van der Waals surface area contributed by atoms with Gasteiger partial charge in [0.25, 0.3) is 0 Å². The zero-order chi connectivity index (χ0) is 17.9. The molecule has 2 aromatic rings. The number of halogens is 1. The Morgan fingerprint density at radius 3 is 2.60 bits per heavy atom. The van der Waals surface area contributed by atoms with E-state index in [1.54, 1.807) is 23.1 Å². The van der Waals surface area contributed by atoms with Gasteiger partial charge in [-0.15, -0.1) is 0 Å². The minimum absolute atomic E-state index is 0.168. The van der Waals surface area contributed by atoms with Crippen LogP contribution in [0.5, 0.6) is 0 Å². The quantitative estimate of drug-likeness (QED) is 0.919. The second kappa shape index (κ2) is 7.23. The van der Waals surface area contributed by atoms with Crippen LogP contribution in [-0.4, -0.2) is 29.6 Å². The number of ether oxygens (including phenoxy) is 1. The van der Waals surface area contributed by atoms with Crippen molar-refractivity contribution >= 4 is 6.03 Å². The molecule has 0 saturated carbocycles. The van der Waals surface area contributed by atoms with Crippen LogP contribution in [0.1, 0.15) is 31.1 Å². The van der Waals surface area contributed by atoms with Crippen molar-refractivity contribution in [1.82, 2.24) is 10.2 Å². The summed E-state index contributed by atoms with van der Waals surface area (Å²) >= 11 is 0. The molecule has 132 valence electrons. The zero-order valence-electron chi connectivity index (χ0n) is 14.5. The fourth-order valence-corrected chi connectivity index (χ4v) is 3.00. The van der Waals surface area contributed by atoms with E-state index in [1.807, 2.05) is 44.2 Å². The van der Waals surface area contributed by atoms with Crippen molar-refractivity contribution in [3.63, 3.8) is 0 Å². The molecule has 1 aliphatic heterocycles. The van der Waals surface area contributed by atoms with Crippen molar-refractivity contribution in [2.45, 2.75) is 32.0 Å². The van der Waals surface area contributed by atoms with Gasteiger partial charge < -0.3 is 15.0 Å². The van der Waals surface area contributed by atoms with Crippen LogP contribution in [0.15, 0.2) is 54.6 Å². The number of carbonyl (C=O) groups excluding carboxylic acids is 1. The molecule has 1 saturated heterocycles. The molecule has 1 unspecified atom stereocenters. The molecule has 0 aromatic heterocycles. The second-order valence-corrected chi connectivity index (χ2v) is 6.89. The van der Waals surface area contributed by atoms with Gasteiger partial charge in [0.15, 0.2) is 0 Å². The molecule has 25 heavy (non-hydrogen) atoms. The maximum atomic E-state index is 14.1. The summed E-state index contributed by atoms with van der Waals surface area (Å²) in [5.41, 5.74) is 1.06. The lowest BCUT2D eigenvalue weighted by molar-refractivity contribution is -0.0815. The number of hydrogen-bond donors (Lipinski definition) is 1. The van der Waals surface area contributed by atoms with Crippen LogP contribution in [0.4, 0.5) is 9.18 Å². The summed E-state index contributed by atoms with van der Waals surface area (Å²) in [6.07, 6.45) is -0.461. The van der Waals surface area contributed by atoms with Gasteiger partial charge in [-0.25, -0.2) is 9.18 Å². The largest absolute Gasteiger partial charge is 0.369 e. The first-order chi connectivity index (χ1) is 12.0. The number of morpholine rings is 1. The molecule has 2 amide bonds. The normalized spacial score (nSPS) is 19.5. The Hall–Kier alpha value is -2.40. The van der Waals surface area contributed by atoms with Crippen LogP contribution in [0.25, 0.3) is 0 Å². The SMILES string of the molecule is CC1(C)COC(c2ccccc2F)CN1C(=O)NCc1ccccc1. The first-order valence-corrected chi connectivity index (χ1v) is 8.43. The van der Waals surface area contributed by atoms with Crippen molar-refractivity contribution in [2.75, 3.05) is 13.2 Å². The molecule has 2 aromatic carbocycles. The highest BCUT2D eigenvalue weighted by atomic mass is 19.1. The topological polar surface area (TPSA) is 41.6 Å². The Labute approximate surface area is 147 Å². The van der Waals surface area contributed by atoms with E-state index in [4.69, 9.17) is 4.74 Å². The third-order valence-electron chi connectivity index (χ3n) is 4.50. The van der Waals surface area contributed by atoms with Crippen LogP contribution < -0.4 is 5.32 Å². The van der Waals surface area contributed by atoms with Gasteiger partial charge >= 0.3 is 6.03 Å². The van der Waals surface area contributed by atoms with Gasteiger partial charge in [0, 0.05) is 12.1 Å². The van der Waals surface area contributed by atoms with Crippen molar-refractivity contribution < 1.29 is 13.9 Å². The molecular weight excluding hydrogens is 319 g/mol. The van der Waals surface area contributed by atoms with Gasteiger partial charge in [0.05, 0.1) is 18.7 Å². The standard InChI is InChI=1S/C20H23FN2O2/c1-20(2)14-25-18(16-10-6-7-11-17(16)21)13-23(20)19(24)22-12-15-8-4-3-5-9-15/h3-11,18H,12-14H2,1-2H3,(H,22,24). The summed E-state index contributed by atoms with van der Waals surface area (Å²) in [6, 6.07) is 16.1. The van der Waals surface area contributed by atoms with E-state index < -0.39 is 11.6 Å². The second-order valence-electron chi connectivity index (χ2n) is 6.89. The van der Waals surface area contributed by atoms with Crippen molar-refractivity contribution in [3.05, 3.63) is 71.5 Å². The van der Waals surface area contributed by atoms with Gasteiger partial charge in [-0.3, -0.25) is 0 Å². The summed E-state index contributed by atoms with van der Waals surface area (Å²) in [5.74, 6) is -0.308. The first kappa shape index (κ1) is 17.4. The average molecular weight is 342 g/mol. The maximum absolute atomic E-state index is 14.1. The van der Waals surface area contributed by atoms with Crippen LogP contribution in [0.3, 0.4) is 0 Å². The number of amides is 2. The molecule has 0 radical (unpaired) electrons. The van der Waals surface area contributed by atoms with E-state index in [-0.39, 0.29) is 11.8 Å². The average Bonchev–Trinajstić information content (AvgIpc) is 2.61. The van der Waals surface area contributed by atoms with Gasteiger partial charge in [-0.1, -0.05) is 48.5 Å². The van der Waals surface area contributed by atoms with Crippen LogP contribution in [-0.2, 0) is 11.3 Å². The van der Waals surface area contributed by atoms with E-state index >= 15 is 0 Å². The smallest absolute Gasteiger partial charge is 0.318 e. The number of carbonyl (C=O) groups is 1. The number of urea groups is 1. The van der Waals surface area contributed by atoms with E-state index in [0.29, 0.717) is 25.3 Å². The summed E-state index contributed by atoms with van der Waals surface area (Å²) < 4.78 is 19.9. The van der Waals surface area contributed by atoms with Crippen LogP contribution in [0.2, 0.25) is 0 Å². The van der Waals surface area contributed by atoms with Gasteiger partial charge in [0.2, 0.25) is 0 Å². The van der Waals surface area contributed by atoms with Crippen LogP contribution >= 0.6 is 0 Å². The van der Waals surface area contributed by atoms with E-state index in [9.17, 15) is 9.18 Å². The highest BCUT2D eigenvalue weighted by Gasteiger charge is 2.39. The lowest BCUT2D eigenvalue weighted by atomic mass is 9.98. The molecule has 1 aliphatic rings. The molecule has 0 bridgehead atoms. The highest BCUT2D eigenvalue weighted by molar-refractivity contribution is 5.75. The summed E-state index contributed by atoms with van der Waals surface area (Å²) in [4.78, 5) is 14.4. The zero-order valence-corrected chi connectivity index (χ0v) is 14.5. The molecule has 0 spiro atoms. The Kier molecular flexibility index (Phi) is 5.04. The summed E-state index contributed by atoms with van der Waals surface area (Å²) in [5, 5.41) is 2.95. The molecule has 1 N–H and O–H groups in total. The van der Waals surface area contributed by atoms with Gasteiger partial charge in [-0.05, 0) is 25.5 Å². The van der Waals surface area contributed by atoms with E-state index in [0.717, 1.165) is 5.56 Å². The fraction of sp³-hybridized carbons (Fsp3) is 0.350. The molecule has 3 rings (SSSR count). The first-order valence-electron chi connectivity index (χ1n) is 8.43. The highest BCUT2D eigenvalue weighted by Crippen LogP contribution is 2.31. The number of nitrogens with one attached hydrogen (secondary N) is 1. The predicted molar refractivity (Wildman–Crippen MR) is 94.6 cm³/mol.